The smallest absolute Gasteiger partial charge is 0.0543 e. The van der Waals surface area contributed by atoms with Gasteiger partial charge in [0.2, 0.25) is 0 Å². The summed E-state index contributed by atoms with van der Waals surface area (Å²) in [6, 6.07) is 41.6. The highest BCUT2D eigenvalue weighted by molar-refractivity contribution is 6.12. The van der Waals surface area contributed by atoms with Crippen molar-refractivity contribution < 1.29 is 0 Å². The molecule has 184 valence electrons. The van der Waals surface area contributed by atoms with E-state index in [1.165, 1.54) is 55.0 Å². The third-order valence-electron chi connectivity index (χ3n) is 7.56. The Morgan fingerprint density at radius 3 is 1.63 bits per heavy atom. The van der Waals surface area contributed by atoms with Gasteiger partial charge < -0.3 is 4.90 Å². The normalized spacial score (nSPS) is 11.1. The fourth-order valence-corrected chi connectivity index (χ4v) is 5.84. The molecule has 38 heavy (non-hydrogen) atoms. The van der Waals surface area contributed by atoms with Crippen LogP contribution < -0.4 is 4.90 Å². The van der Waals surface area contributed by atoms with Gasteiger partial charge in [-0.05, 0) is 101 Å². The maximum absolute atomic E-state index is 3.93. The highest BCUT2D eigenvalue weighted by Gasteiger charge is 2.21. The van der Waals surface area contributed by atoms with Gasteiger partial charge >= 0.3 is 0 Å². The van der Waals surface area contributed by atoms with Gasteiger partial charge in [0, 0.05) is 16.8 Å². The first-order valence-electron chi connectivity index (χ1n) is 13.2. The highest BCUT2D eigenvalue weighted by Crippen LogP contribution is 2.46. The lowest BCUT2D eigenvalue weighted by Gasteiger charge is -2.29. The van der Waals surface area contributed by atoms with Gasteiger partial charge in [-0.3, -0.25) is 0 Å². The fourth-order valence-electron chi connectivity index (χ4n) is 5.84. The number of hydrogen-bond acceptors (Lipinski definition) is 1. The maximum atomic E-state index is 3.93. The van der Waals surface area contributed by atoms with E-state index in [4.69, 9.17) is 0 Å². The van der Waals surface area contributed by atoms with E-state index in [1.54, 1.807) is 0 Å². The first kappa shape index (κ1) is 23.8. The highest BCUT2D eigenvalue weighted by atomic mass is 15.1. The lowest BCUT2D eigenvalue weighted by atomic mass is 9.86. The van der Waals surface area contributed by atoms with Crippen molar-refractivity contribution in [2.24, 2.45) is 0 Å². The van der Waals surface area contributed by atoms with Crippen LogP contribution in [0.5, 0.6) is 0 Å². The van der Waals surface area contributed by atoms with Crippen molar-refractivity contribution in [1.82, 2.24) is 0 Å². The van der Waals surface area contributed by atoms with Crippen LogP contribution in [0.25, 0.3) is 38.7 Å². The average molecular weight is 490 g/mol. The zero-order chi connectivity index (χ0) is 26.2. The molecule has 0 fully saturated rings. The van der Waals surface area contributed by atoms with Gasteiger partial charge in [0.05, 0.1) is 5.69 Å². The quantitative estimate of drug-likeness (QED) is 0.233. The molecule has 0 saturated heterocycles. The van der Waals surface area contributed by atoms with Gasteiger partial charge in [-0.25, -0.2) is 0 Å². The zero-order valence-corrected chi connectivity index (χ0v) is 22.2. The summed E-state index contributed by atoms with van der Waals surface area (Å²) in [5.74, 6) is 0. The molecule has 0 aliphatic carbocycles. The molecule has 0 radical (unpaired) electrons. The number of anilines is 3. The van der Waals surface area contributed by atoms with Crippen molar-refractivity contribution in [3.05, 3.63) is 144 Å². The maximum Gasteiger partial charge on any atom is 0.0543 e. The molecule has 0 heterocycles. The molecule has 6 aromatic rings. The lowest BCUT2D eigenvalue weighted by Crippen LogP contribution is -2.11. The first-order chi connectivity index (χ1) is 18.6. The van der Waals surface area contributed by atoms with Crippen LogP contribution in [0, 0.1) is 20.8 Å². The van der Waals surface area contributed by atoms with Crippen molar-refractivity contribution in [3.63, 3.8) is 0 Å². The number of rotatable bonds is 5. The predicted molar refractivity (Wildman–Crippen MR) is 166 cm³/mol. The van der Waals surface area contributed by atoms with Crippen LogP contribution in [-0.2, 0) is 0 Å². The minimum Gasteiger partial charge on any atom is -0.310 e. The fraction of sp³-hybridized carbons (Fsp3) is 0.0811. The van der Waals surface area contributed by atoms with Crippen LogP contribution in [0.15, 0.2) is 122 Å². The minimum absolute atomic E-state index is 1.11. The van der Waals surface area contributed by atoms with E-state index in [0.29, 0.717) is 0 Å². The van der Waals surface area contributed by atoms with Crippen LogP contribution in [0.2, 0.25) is 0 Å². The summed E-state index contributed by atoms with van der Waals surface area (Å²) in [4.78, 5) is 2.37. The monoisotopic (exact) mass is 489 g/mol. The summed E-state index contributed by atoms with van der Waals surface area (Å²) >= 11 is 0. The van der Waals surface area contributed by atoms with Crippen molar-refractivity contribution in [3.8, 4) is 11.1 Å². The van der Waals surface area contributed by atoms with E-state index >= 15 is 0 Å². The topological polar surface area (TPSA) is 3.24 Å². The molecular formula is C37H31N. The Hall–Kier alpha value is -4.62. The Morgan fingerprint density at radius 2 is 1.00 bits per heavy atom. The second-order valence-electron chi connectivity index (χ2n) is 10.0. The number of fused-ring (bicyclic) bond motifs is 2. The molecule has 6 rings (SSSR count). The first-order valence-corrected chi connectivity index (χ1v) is 13.2. The molecule has 0 bridgehead atoms. The number of para-hydroxylation sites is 1. The van der Waals surface area contributed by atoms with E-state index in [1.807, 2.05) is 6.08 Å². The van der Waals surface area contributed by atoms with E-state index in [2.05, 4.69) is 148 Å². The van der Waals surface area contributed by atoms with E-state index < -0.39 is 0 Å². The molecule has 0 N–H and O–H groups in total. The number of hydrogen-bond donors (Lipinski definition) is 0. The van der Waals surface area contributed by atoms with Crippen molar-refractivity contribution in [2.45, 2.75) is 20.8 Å². The number of nitrogens with zero attached hydrogens (tertiary/aromatic N) is 1. The number of benzene rings is 6. The molecular weight excluding hydrogens is 458 g/mol. The Labute approximate surface area is 225 Å². The third-order valence-corrected chi connectivity index (χ3v) is 7.56. The summed E-state index contributed by atoms with van der Waals surface area (Å²) < 4.78 is 0. The van der Waals surface area contributed by atoms with Gasteiger partial charge in [-0.1, -0.05) is 97.6 Å². The van der Waals surface area contributed by atoms with E-state index in [0.717, 1.165) is 16.9 Å². The van der Waals surface area contributed by atoms with Crippen LogP contribution in [-0.4, -0.2) is 0 Å². The molecule has 0 unspecified atom stereocenters. The summed E-state index contributed by atoms with van der Waals surface area (Å²) in [5, 5.41) is 5.12. The van der Waals surface area contributed by atoms with Crippen molar-refractivity contribution in [2.75, 3.05) is 4.90 Å². The van der Waals surface area contributed by atoms with E-state index in [-0.39, 0.29) is 0 Å². The third kappa shape index (κ3) is 3.97. The lowest BCUT2D eigenvalue weighted by molar-refractivity contribution is 1.28. The average Bonchev–Trinajstić information content (AvgIpc) is 2.95. The summed E-state index contributed by atoms with van der Waals surface area (Å²) in [6.45, 7) is 10.6. The Bertz CT molecular complexity index is 1790. The second-order valence-corrected chi connectivity index (χ2v) is 10.0. The summed E-state index contributed by atoms with van der Waals surface area (Å²) in [7, 11) is 0. The standard InChI is InChI=1S/C37H31N/c1-5-28-19-21-30(22-20-28)38(29-13-7-6-8-14-29)35-24-27(4)37(34-18-12-10-16-32(34)35)36-26(3)23-25(2)31-15-9-11-17-33(31)36/h5-24H,1H2,2-4H3. The molecule has 0 aliphatic heterocycles. The van der Waals surface area contributed by atoms with Crippen LogP contribution in [0.4, 0.5) is 17.1 Å². The summed E-state index contributed by atoms with van der Waals surface area (Å²) in [5.41, 5.74) is 11.1. The van der Waals surface area contributed by atoms with Gasteiger partial charge in [-0.15, -0.1) is 0 Å². The van der Waals surface area contributed by atoms with Gasteiger partial charge in [0.1, 0.15) is 0 Å². The molecule has 0 spiro atoms. The molecule has 0 amide bonds. The van der Waals surface area contributed by atoms with Crippen molar-refractivity contribution in [1.29, 1.82) is 0 Å². The van der Waals surface area contributed by atoms with Crippen LogP contribution in [0.3, 0.4) is 0 Å². The molecule has 0 atom stereocenters. The van der Waals surface area contributed by atoms with Gasteiger partial charge in [0.15, 0.2) is 0 Å². The van der Waals surface area contributed by atoms with Crippen molar-refractivity contribution >= 4 is 44.7 Å². The molecule has 0 aromatic heterocycles. The molecule has 6 aromatic carbocycles. The SMILES string of the molecule is C=Cc1ccc(N(c2ccccc2)c2cc(C)c(-c3c(C)cc(C)c4ccccc34)c3ccccc23)cc1. The zero-order valence-electron chi connectivity index (χ0n) is 22.2. The summed E-state index contributed by atoms with van der Waals surface area (Å²) in [6.07, 6.45) is 1.89. The van der Waals surface area contributed by atoms with E-state index in [9.17, 15) is 0 Å². The van der Waals surface area contributed by atoms with Gasteiger partial charge in [-0.2, -0.15) is 0 Å². The largest absolute Gasteiger partial charge is 0.310 e. The van der Waals surface area contributed by atoms with Crippen LogP contribution in [0.1, 0.15) is 22.3 Å². The molecule has 1 heteroatoms. The Balaban J connectivity index is 1.67. The van der Waals surface area contributed by atoms with Gasteiger partial charge in [0.25, 0.3) is 0 Å². The minimum atomic E-state index is 1.11. The molecule has 1 nitrogen and oxygen atoms in total. The van der Waals surface area contributed by atoms with Crippen LogP contribution >= 0.6 is 0 Å². The Morgan fingerprint density at radius 1 is 0.500 bits per heavy atom. The molecule has 0 saturated carbocycles. The predicted octanol–water partition coefficient (Wildman–Crippen LogP) is 10.7. The number of aryl methyl sites for hydroxylation is 3. The Kier molecular flexibility index (Phi) is 6.05. The molecule has 0 aliphatic rings. The second kappa shape index (κ2) is 9.68.